The molecular weight excluding hydrogens is 487 g/mol. The molecular formula is C24H21ClF3N3O2S. The van der Waals surface area contributed by atoms with Crippen molar-refractivity contribution >= 4 is 33.8 Å². The van der Waals surface area contributed by atoms with E-state index in [9.17, 15) is 18.0 Å². The Morgan fingerprint density at radius 3 is 2.74 bits per heavy atom. The molecule has 0 atom stereocenters. The van der Waals surface area contributed by atoms with Crippen molar-refractivity contribution in [3.05, 3.63) is 86.9 Å². The van der Waals surface area contributed by atoms with Crippen LogP contribution in [-0.4, -0.2) is 16.1 Å². The Hall–Kier alpha value is -2.88. The van der Waals surface area contributed by atoms with E-state index in [1.165, 1.54) is 28.0 Å². The average molecular weight is 508 g/mol. The maximum atomic E-state index is 12.7. The summed E-state index contributed by atoms with van der Waals surface area (Å²) in [7, 11) is 0. The number of aromatic nitrogens is 2. The van der Waals surface area contributed by atoms with Gasteiger partial charge in [0.05, 0.1) is 16.9 Å². The molecule has 10 heteroatoms. The smallest absolute Gasteiger partial charge is 0.417 e. The van der Waals surface area contributed by atoms with Crippen molar-refractivity contribution in [2.75, 3.05) is 6.54 Å². The third kappa shape index (κ3) is 4.96. The van der Waals surface area contributed by atoms with Crippen LogP contribution in [-0.2, 0) is 25.7 Å². The van der Waals surface area contributed by atoms with Crippen molar-refractivity contribution in [2.45, 2.75) is 32.2 Å². The Bertz CT molecular complexity index is 1370. The molecule has 1 aliphatic heterocycles. The van der Waals surface area contributed by atoms with Crippen LogP contribution in [0.2, 0.25) is 0 Å². The van der Waals surface area contributed by atoms with Crippen LogP contribution in [0, 0.1) is 0 Å². The molecule has 4 aromatic rings. The van der Waals surface area contributed by atoms with Gasteiger partial charge in [0.15, 0.2) is 0 Å². The van der Waals surface area contributed by atoms with E-state index in [1.807, 2.05) is 12.1 Å². The van der Waals surface area contributed by atoms with E-state index >= 15 is 0 Å². The van der Waals surface area contributed by atoms with Gasteiger partial charge in [-0.1, -0.05) is 6.07 Å². The highest BCUT2D eigenvalue weighted by atomic mass is 35.5. The first-order chi connectivity index (χ1) is 15.9. The van der Waals surface area contributed by atoms with Gasteiger partial charge in [0.25, 0.3) is 5.56 Å². The second-order valence-electron chi connectivity index (χ2n) is 7.86. The Morgan fingerprint density at radius 1 is 1.15 bits per heavy atom. The van der Waals surface area contributed by atoms with Crippen molar-refractivity contribution in [3.8, 4) is 11.4 Å². The summed E-state index contributed by atoms with van der Waals surface area (Å²) in [6, 6.07) is 11.3. The first-order valence-corrected chi connectivity index (χ1v) is 11.3. The van der Waals surface area contributed by atoms with Gasteiger partial charge in [-0.3, -0.25) is 14.3 Å². The molecule has 178 valence electrons. The second-order valence-corrected chi connectivity index (χ2v) is 9.00. The van der Waals surface area contributed by atoms with Crippen LogP contribution in [0.1, 0.15) is 28.1 Å². The summed E-state index contributed by atoms with van der Waals surface area (Å²) in [5.41, 5.74) is 1.44. The molecule has 5 rings (SSSR count). The van der Waals surface area contributed by atoms with Gasteiger partial charge in [0.1, 0.15) is 12.4 Å². The number of hydrogen-bond donors (Lipinski definition) is 1. The zero-order chi connectivity index (χ0) is 23.0. The summed E-state index contributed by atoms with van der Waals surface area (Å²) in [5, 5.41) is 4.70. The third-order valence-electron chi connectivity index (χ3n) is 5.63. The summed E-state index contributed by atoms with van der Waals surface area (Å²) in [4.78, 5) is 17.9. The fraction of sp³-hybridized carbons (Fsp3) is 0.250. The van der Waals surface area contributed by atoms with Crippen molar-refractivity contribution in [2.24, 2.45) is 0 Å². The van der Waals surface area contributed by atoms with Crippen LogP contribution in [0.3, 0.4) is 0 Å². The molecule has 1 aliphatic rings. The molecule has 3 aromatic heterocycles. The number of thiophene rings is 1. The summed E-state index contributed by atoms with van der Waals surface area (Å²) in [6.07, 6.45) is 0.148. The van der Waals surface area contributed by atoms with E-state index in [1.54, 1.807) is 28.2 Å². The number of nitrogens with one attached hydrogen (secondary N) is 1. The highest BCUT2D eigenvalue weighted by Gasteiger charge is 2.30. The fourth-order valence-corrected chi connectivity index (χ4v) is 5.20. The minimum atomic E-state index is -4.43. The molecule has 1 aromatic carbocycles. The molecule has 0 unspecified atom stereocenters. The molecule has 0 saturated carbocycles. The predicted octanol–water partition coefficient (Wildman–Crippen LogP) is 5.50. The number of ether oxygens (including phenoxy) is 1. The van der Waals surface area contributed by atoms with E-state index < -0.39 is 11.7 Å². The molecule has 4 heterocycles. The monoisotopic (exact) mass is 507 g/mol. The van der Waals surface area contributed by atoms with Crippen LogP contribution in [0.15, 0.2) is 59.7 Å². The van der Waals surface area contributed by atoms with Crippen LogP contribution >= 0.6 is 23.7 Å². The standard InChI is InChI=1S/C24H20F3N3O2S.ClH/c25-24(26,27)15-3-4-16(29-12-15)14-32-18-7-9-30(23(31)11-18)17-5-6-20-19-2-1-8-28-13-22(19)33-21(20)10-17;/h3-7,9-12,28H,1-2,8,13-14H2;1H. The molecule has 0 aliphatic carbocycles. The van der Waals surface area contributed by atoms with Gasteiger partial charge >= 0.3 is 6.18 Å². The third-order valence-corrected chi connectivity index (χ3v) is 6.83. The number of hydrogen-bond acceptors (Lipinski definition) is 5. The Morgan fingerprint density at radius 2 is 2.00 bits per heavy atom. The van der Waals surface area contributed by atoms with Gasteiger partial charge < -0.3 is 10.1 Å². The lowest BCUT2D eigenvalue weighted by Gasteiger charge is -2.10. The number of nitrogens with zero attached hydrogens (tertiary/aromatic N) is 2. The first-order valence-electron chi connectivity index (χ1n) is 10.5. The topological polar surface area (TPSA) is 56.1 Å². The summed E-state index contributed by atoms with van der Waals surface area (Å²) < 4.78 is 46.2. The van der Waals surface area contributed by atoms with Crippen LogP contribution < -0.4 is 15.6 Å². The molecule has 0 fully saturated rings. The Balaban J connectivity index is 0.00000274. The lowest BCUT2D eigenvalue weighted by atomic mass is 10.1. The number of aryl methyl sites for hydroxylation is 1. The lowest BCUT2D eigenvalue weighted by molar-refractivity contribution is -0.137. The molecule has 0 radical (unpaired) electrons. The fourth-order valence-electron chi connectivity index (χ4n) is 3.95. The Labute approximate surface area is 203 Å². The van der Waals surface area contributed by atoms with Crippen molar-refractivity contribution in [3.63, 3.8) is 0 Å². The SMILES string of the molecule is Cl.O=c1cc(OCc2ccc(C(F)(F)F)cn2)ccn1-c1ccc2c3c(sc2c1)CNCCC3. The molecule has 0 bridgehead atoms. The molecule has 1 N–H and O–H groups in total. The van der Waals surface area contributed by atoms with Gasteiger partial charge in [0.2, 0.25) is 0 Å². The van der Waals surface area contributed by atoms with E-state index in [-0.39, 0.29) is 24.6 Å². The van der Waals surface area contributed by atoms with Crippen molar-refractivity contribution in [1.29, 1.82) is 0 Å². The minimum Gasteiger partial charge on any atom is -0.487 e. The van der Waals surface area contributed by atoms with E-state index in [4.69, 9.17) is 4.74 Å². The van der Waals surface area contributed by atoms with Gasteiger partial charge in [-0.05, 0) is 60.7 Å². The zero-order valence-electron chi connectivity index (χ0n) is 17.9. The van der Waals surface area contributed by atoms with E-state index in [0.29, 0.717) is 11.4 Å². The number of alkyl halides is 3. The zero-order valence-corrected chi connectivity index (χ0v) is 19.5. The molecule has 0 spiro atoms. The summed E-state index contributed by atoms with van der Waals surface area (Å²) >= 11 is 1.76. The van der Waals surface area contributed by atoms with Crippen molar-refractivity contribution in [1.82, 2.24) is 14.9 Å². The lowest BCUT2D eigenvalue weighted by Crippen LogP contribution is -2.16. The molecule has 0 amide bonds. The van der Waals surface area contributed by atoms with Crippen LogP contribution in [0.25, 0.3) is 15.8 Å². The number of rotatable bonds is 4. The summed E-state index contributed by atoms with van der Waals surface area (Å²) in [5.74, 6) is 0.327. The normalized spacial score (nSPS) is 13.7. The molecule has 0 saturated heterocycles. The van der Waals surface area contributed by atoms with Crippen LogP contribution in [0.5, 0.6) is 5.75 Å². The van der Waals surface area contributed by atoms with Crippen LogP contribution in [0.4, 0.5) is 13.2 Å². The quantitative estimate of drug-likeness (QED) is 0.396. The van der Waals surface area contributed by atoms with E-state index in [0.717, 1.165) is 48.6 Å². The number of benzene rings is 1. The molecule has 34 heavy (non-hydrogen) atoms. The highest BCUT2D eigenvalue weighted by Crippen LogP contribution is 2.34. The number of pyridine rings is 2. The first kappa shape index (κ1) is 24.3. The van der Waals surface area contributed by atoms with E-state index in [2.05, 4.69) is 16.4 Å². The maximum absolute atomic E-state index is 12.7. The summed E-state index contributed by atoms with van der Waals surface area (Å²) in [6.45, 7) is 1.87. The maximum Gasteiger partial charge on any atom is 0.417 e. The van der Waals surface area contributed by atoms with Crippen molar-refractivity contribution < 1.29 is 17.9 Å². The number of fused-ring (bicyclic) bond motifs is 3. The molecule has 5 nitrogen and oxygen atoms in total. The predicted molar refractivity (Wildman–Crippen MR) is 128 cm³/mol. The minimum absolute atomic E-state index is 0. The van der Waals surface area contributed by atoms with Gasteiger partial charge in [-0.2, -0.15) is 13.2 Å². The average Bonchev–Trinajstić information content (AvgIpc) is 2.97. The highest BCUT2D eigenvalue weighted by molar-refractivity contribution is 7.19. The second kappa shape index (κ2) is 9.77. The van der Waals surface area contributed by atoms with Gasteiger partial charge in [0, 0.05) is 34.6 Å². The Kier molecular flexibility index (Phi) is 6.97. The largest absolute Gasteiger partial charge is 0.487 e. The van der Waals surface area contributed by atoms with Gasteiger partial charge in [-0.25, -0.2) is 0 Å². The number of halogens is 4. The van der Waals surface area contributed by atoms with Gasteiger partial charge in [-0.15, -0.1) is 23.7 Å².